The number of rotatable bonds is 8. The van der Waals surface area contributed by atoms with Crippen LogP contribution in [0, 0.1) is 6.92 Å². The maximum Gasteiger partial charge on any atom is 0.416 e. The number of nitrogens with one attached hydrogen (secondary N) is 2. The van der Waals surface area contributed by atoms with Crippen molar-refractivity contribution in [1.82, 2.24) is 24.4 Å². The molecule has 2 aromatic heterocycles. The van der Waals surface area contributed by atoms with Crippen LogP contribution in [0.3, 0.4) is 0 Å². The highest BCUT2D eigenvalue weighted by atomic mass is 32.2. The molecule has 0 atom stereocenters. The van der Waals surface area contributed by atoms with Gasteiger partial charge in [-0.25, -0.2) is 17.9 Å². The summed E-state index contributed by atoms with van der Waals surface area (Å²) < 4.78 is 69.6. The van der Waals surface area contributed by atoms with Gasteiger partial charge in [0.05, 0.1) is 22.5 Å². The van der Waals surface area contributed by atoms with Gasteiger partial charge >= 0.3 is 12.2 Å². The summed E-state index contributed by atoms with van der Waals surface area (Å²) in [5.41, 5.74) is 0.648. The second-order valence-corrected chi connectivity index (χ2v) is 9.59. The van der Waals surface area contributed by atoms with E-state index in [1.165, 1.54) is 10.7 Å². The van der Waals surface area contributed by atoms with Crippen LogP contribution in [0.15, 0.2) is 30.5 Å². The molecule has 33 heavy (non-hydrogen) atoms. The molecule has 8 nitrogen and oxygen atoms in total. The number of benzene rings is 1. The zero-order valence-corrected chi connectivity index (χ0v) is 19.3. The summed E-state index contributed by atoms with van der Waals surface area (Å²) in [4.78, 5) is 11.8. The Bertz CT molecular complexity index is 1260. The van der Waals surface area contributed by atoms with E-state index in [1.807, 2.05) is 11.6 Å². The van der Waals surface area contributed by atoms with Gasteiger partial charge in [-0.2, -0.15) is 18.3 Å². The first-order valence-corrected chi connectivity index (χ1v) is 12.1. The SMILES string of the molecule is CCCCNC(=O)NS(=O)(=O)CCc1c(C)nn(C)c1-n1ccc2ccc(C(F)(F)F)cc21. The summed E-state index contributed by atoms with van der Waals surface area (Å²) in [6.45, 7) is 4.01. The van der Waals surface area contributed by atoms with E-state index in [-0.39, 0.29) is 12.2 Å². The maximum atomic E-state index is 13.2. The second-order valence-electron chi connectivity index (χ2n) is 7.75. The van der Waals surface area contributed by atoms with E-state index in [0.29, 0.717) is 34.5 Å². The van der Waals surface area contributed by atoms with Crippen LogP contribution in [0.25, 0.3) is 16.7 Å². The number of carbonyl (C=O) groups is 1. The Morgan fingerprint density at radius 1 is 1.21 bits per heavy atom. The molecule has 1 aromatic carbocycles. The van der Waals surface area contributed by atoms with Gasteiger partial charge in [0.2, 0.25) is 10.0 Å². The van der Waals surface area contributed by atoms with E-state index in [1.54, 1.807) is 30.8 Å². The van der Waals surface area contributed by atoms with E-state index in [2.05, 4.69) is 10.4 Å². The number of halogens is 3. The number of amides is 2. The molecular formula is C21H26F3N5O3S. The Balaban J connectivity index is 1.88. The van der Waals surface area contributed by atoms with Gasteiger partial charge in [0.25, 0.3) is 0 Å². The van der Waals surface area contributed by atoms with Gasteiger partial charge in [0.1, 0.15) is 5.82 Å². The van der Waals surface area contributed by atoms with Crippen LogP contribution in [-0.4, -0.2) is 41.1 Å². The fourth-order valence-corrected chi connectivity index (χ4v) is 4.55. The monoisotopic (exact) mass is 485 g/mol. The number of aryl methyl sites for hydroxylation is 2. The van der Waals surface area contributed by atoms with Crippen LogP contribution in [-0.2, 0) is 29.7 Å². The van der Waals surface area contributed by atoms with Crippen molar-refractivity contribution in [1.29, 1.82) is 0 Å². The molecule has 3 aromatic rings. The average molecular weight is 486 g/mol. The summed E-state index contributed by atoms with van der Waals surface area (Å²) >= 11 is 0. The first-order valence-electron chi connectivity index (χ1n) is 10.4. The van der Waals surface area contributed by atoms with Crippen molar-refractivity contribution in [2.24, 2.45) is 7.05 Å². The second kappa shape index (κ2) is 9.46. The number of unbranched alkanes of at least 4 members (excludes halogenated alkanes) is 1. The smallest absolute Gasteiger partial charge is 0.337 e. The lowest BCUT2D eigenvalue weighted by Gasteiger charge is -2.12. The first-order chi connectivity index (χ1) is 15.4. The number of sulfonamides is 1. The van der Waals surface area contributed by atoms with Crippen LogP contribution >= 0.6 is 0 Å². The molecule has 0 aliphatic heterocycles. The highest BCUT2D eigenvalue weighted by molar-refractivity contribution is 7.90. The van der Waals surface area contributed by atoms with Gasteiger partial charge in [-0.1, -0.05) is 19.4 Å². The first kappa shape index (κ1) is 24.6. The van der Waals surface area contributed by atoms with E-state index in [9.17, 15) is 26.4 Å². The lowest BCUT2D eigenvalue weighted by Crippen LogP contribution is -2.41. The highest BCUT2D eigenvalue weighted by Gasteiger charge is 2.31. The van der Waals surface area contributed by atoms with E-state index in [0.717, 1.165) is 25.0 Å². The summed E-state index contributed by atoms with van der Waals surface area (Å²) in [5, 5.41) is 7.42. The average Bonchev–Trinajstić information content (AvgIpc) is 3.24. The number of urea groups is 1. The number of aromatic nitrogens is 3. The fraction of sp³-hybridized carbons (Fsp3) is 0.429. The molecule has 12 heteroatoms. The molecule has 2 N–H and O–H groups in total. The van der Waals surface area contributed by atoms with Crippen LogP contribution in [0.4, 0.5) is 18.0 Å². The quantitative estimate of drug-likeness (QED) is 0.476. The Hall–Kier alpha value is -3.02. The standard InChI is InChI=1S/C21H26F3N5O3S/c1-4-5-10-25-20(30)27-33(31,32)12-9-17-14(2)26-28(3)19(17)29-11-8-15-6-7-16(13-18(15)29)21(22,23)24/h6-8,11,13H,4-5,9-10,12H2,1-3H3,(H2,25,27,30). The molecule has 0 unspecified atom stereocenters. The minimum Gasteiger partial charge on any atom is -0.337 e. The zero-order chi connectivity index (χ0) is 24.4. The molecule has 0 radical (unpaired) electrons. The van der Waals surface area contributed by atoms with Crippen LogP contribution in [0.2, 0.25) is 0 Å². The molecule has 180 valence electrons. The topological polar surface area (TPSA) is 98.0 Å². The third kappa shape index (κ3) is 5.67. The van der Waals surface area contributed by atoms with Crippen molar-refractivity contribution in [3.8, 4) is 5.82 Å². The Labute approximate surface area is 189 Å². The van der Waals surface area contributed by atoms with Gasteiger partial charge in [-0.15, -0.1) is 0 Å². The Kier molecular flexibility index (Phi) is 7.06. The van der Waals surface area contributed by atoms with Gasteiger partial charge in [0, 0.05) is 30.7 Å². The fourth-order valence-electron chi connectivity index (χ4n) is 3.62. The van der Waals surface area contributed by atoms with Crippen molar-refractivity contribution in [2.75, 3.05) is 12.3 Å². The van der Waals surface area contributed by atoms with Gasteiger partial charge in [-0.05, 0) is 38.0 Å². The number of carbonyl (C=O) groups excluding carboxylic acids is 1. The number of hydrogen-bond acceptors (Lipinski definition) is 4. The zero-order valence-electron chi connectivity index (χ0n) is 18.5. The summed E-state index contributed by atoms with van der Waals surface area (Å²) in [7, 11) is -2.30. The molecular weight excluding hydrogens is 459 g/mol. The predicted molar refractivity (Wildman–Crippen MR) is 119 cm³/mol. The predicted octanol–water partition coefficient (Wildman–Crippen LogP) is 3.66. The number of alkyl halides is 3. The van der Waals surface area contributed by atoms with Crippen LogP contribution in [0.1, 0.15) is 36.6 Å². The molecule has 3 rings (SSSR count). The van der Waals surface area contributed by atoms with E-state index >= 15 is 0 Å². The molecule has 2 amide bonds. The van der Waals surface area contributed by atoms with Crippen molar-refractivity contribution in [3.05, 3.63) is 47.3 Å². The lowest BCUT2D eigenvalue weighted by molar-refractivity contribution is -0.137. The highest BCUT2D eigenvalue weighted by Crippen LogP contribution is 2.33. The molecule has 0 aliphatic carbocycles. The van der Waals surface area contributed by atoms with Crippen molar-refractivity contribution < 1.29 is 26.4 Å². The summed E-state index contributed by atoms with van der Waals surface area (Å²) in [6.07, 6.45) is -1.27. The molecule has 0 spiro atoms. The largest absolute Gasteiger partial charge is 0.416 e. The summed E-state index contributed by atoms with van der Waals surface area (Å²) in [6, 6.07) is 4.36. The van der Waals surface area contributed by atoms with Crippen molar-refractivity contribution in [2.45, 2.75) is 39.3 Å². The Morgan fingerprint density at radius 3 is 2.61 bits per heavy atom. The lowest BCUT2D eigenvalue weighted by atomic mass is 10.1. The van der Waals surface area contributed by atoms with Crippen molar-refractivity contribution >= 4 is 27.0 Å². The molecule has 0 saturated carbocycles. The maximum absolute atomic E-state index is 13.2. The molecule has 0 aliphatic rings. The van der Waals surface area contributed by atoms with Crippen molar-refractivity contribution in [3.63, 3.8) is 0 Å². The van der Waals surface area contributed by atoms with Gasteiger partial charge < -0.3 is 9.88 Å². The Morgan fingerprint density at radius 2 is 1.94 bits per heavy atom. The third-order valence-electron chi connectivity index (χ3n) is 5.25. The van der Waals surface area contributed by atoms with E-state index in [4.69, 9.17) is 0 Å². The molecule has 0 bridgehead atoms. The summed E-state index contributed by atoms with van der Waals surface area (Å²) in [5.74, 6) is 0.0743. The molecule has 0 saturated heterocycles. The molecule has 0 fully saturated rings. The van der Waals surface area contributed by atoms with Gasteiger partial charge in [-0.3, -0.25) is 4.68 Å². The van der Waals surface area contributed by atoms with Crippen LogP contribution in [0.5, 0.6) is 0 Å². The number of fused-ring (bicyclic) bond motifs is 1. The third-order valence-corrected chi connectivity index (χ3v) is 6.48. The normalized spacial score (nSPS) is 12.3. The van der Waals surface area contributed by atoms with Crippen LogP contribution < -0.4 is 10.0 Å². The number of nitrogens with zero attached hydrogens (tertiary/aromatic N) is 3. The van der Waals surface area contributed by atoms with E-state index < -0.39 is 27.8 Å². The number of hydrogen-bond donors (Lipinski definition) is 2. The van der Waals surface area contributed by atoms with Gasteiger partial charge in [0.15, 0.2) is 0 Å². The molecule has 2 heterocycles. The minimum absolute atomic E-state index is 0.0191. The minimum atomic E-state index is -4.49.